The lowest BCUT2D eigenvalue weighted by Gasteiger charge is -2.21. The quantitative estimate of drug-likeness (QED) is 0.882. The van der Waals surface area contributed by atoms with Crippen molar-refractivity contribution in [1.82, 2.24) is 9.97 Å². The van der Waals surface area contributed by atoms with Crippen molar-refractivity contribution in [2.45, 2.75) is 39.7 Å². The zero-order chi connectivity index (χ0) is 14.6. The van der Waals surface area contributed by atoms with Gasteiger partial charge in [0.05, 0.1) is 0 Å². The number of anilines is 3. The molecule has 20 heavy (non-hydrogen) atoms. The maximum atomic E-state index is 4.25. The molecular weight excluding hydrogens is 248 g/mol. The first-order valence-electron chi connectivity index (χ1n) is 6.92. The maximum Gasteiger partial charge on any atom is 0.135 e. The number of aromatic nitrogens is 2. The van der Waals surface area contributed by atoms with E-state index in [1.165, 1.54) is 5.56 Å². The smallest absolute Gasteiger partial charge is 0.135 e. The monoisotopic (exact) mass is 270 g/mol. The number of aryl methyl sites for hydroxylation is 1. The number of rotatable bonds is 4. The second-order valence-corrected chi connectivity index (χ2v) is 5.84. The van der Waals surface area contributed by atoms with Crippen LogP contribution in [-0.4, -0.2) is 15.5 Å². The van der Waals surface area contributed by atoms with Crippen molar-refractivity contribution in [3.8, 4) is 0 Å². The maximum absolute atomic E-state index is 4.25. The van der Waals surface area contributed by atoms with Crippen LogP contribution in [0.4, 0.5) is 17.3 Å². The van der Waals surface area contributed by atoms with Gasteiger partial charge in [0.25, 0.3) is 0 Å². The van der Waals surface area contributed by atoms with E-state index in [4.69, 9.17) is 0 Å². The van der Waals surface area contributed by atoms with Gasteiger partial charge in [0.15, 0.2) is 0 Å². The average molecular weight is 270 g/mol. The highest BCUT2D eigenvalue weighted by Gasteiger charge is 2.10. The van der Waals surface area contributed by atoms with Crippen LogP contribution in [-0.2, 0) is 6.42 Å². The van der Waals surface area contributed by atoms with Crippen LogP contribution in [0.3, 0.4) is 0 Å². The van der Waals surface area contributed by atoms with Gasteiger partial charge in [-0.05, 0) is 44.9 Å². The van der Waals surface area contributed by atoms with Crippen LogP contribution < -0.4 is 10.6 Å². The van der Waals surface area contributed by atoms with E-state index in [0.717, 1.165) is 23.7 Å². The molecule has 0 aliphatic carbocycles. The zero-order valence-corrected chi connectivity index (χ0v) is 12.6. The Kier molecular flexibility index (Phi) is 4.23. The Bertz CT molecular complexity index is 555. The molecular formula is C16H22N4. The molecule has 1 aromatic carbocycles. The third kappa shape index (κ3) is 4.23. The van der Waals surface area contributed by atoms with E-state index in [1.54, 1.807) is 6.33 Å². The van der Waals surface area contributed by atoms with Crippen molar-refractivity contribution in [2.24, 2.45) is 0 Å². The molecule has 4 nitrogen and oxygen atoms in total. The largest absolute Gasteiger partial charge is 0.365 e. The molecule has 0 aliphatic heterocycles. The van der Waals surface area contributed by atoms with Crippen LogP contribution in [0, 0.1) is 0 Å². The third-order valence-corrected chi connectivity index (χ3v) is 2.80. The van der Waals surface area contributed by atoms with Gasteiger partial charge in [-0.3, -0.25) is 0 Å². The molecule has 1 aromatic heterocycles. The molecule has 2 rings (SSSR count). The zero-order valence-electron chi connectivity index (χ0n) is 12.6. The van der Waals surface area contributed by atoms with E-state index in [2.05, 4.69) is 72.6 Å². The number of nitrogens with zero attached hydrogens (tertiary/aromatic N) is 2. The SMILES string of the molecule is CCc1ccc(Nc2cc(NC(C)(C)C)ncn2)cc1. The number of nitrogens with one attached hydrogen (secondary N) is 2. The summed E-state index contributed by atoms with van der Waals surface area (Å²) in [5.74, 6) is 1.61. The van der Waals surface area contributed by atoms with Crippen LogP contribution in [0.2, 0.25) is 0 Å². The first-order chi connectivity index (χ1) is 9.46. The van der Waals surface area contributed by atoms with Gasteiger partial charge in [0.1, 0.15) is 18.0 Å². The molecule has 2 N–H and O–H groups in total. The normalized spacial score (nSPS) is 11.2. The molecule has 1 heterocycles. The van der Waals surface area contributed by atoms with Gasteiger partial charge in [0, 0.05) is 17.3 Å². The van der Waals surface area contributed by atoms with Gasteiger partial charge in [-0.2, -0.15) is 0 Å². The molecule has 0 amide bonds. The highest BCUT2D eigenvalue weighted by Crippen LogP contribution is 2.18. The van der Waals surface area contributed by atoms with Crippen molar-refractivity contribution in [1.29, 1.82) is 0 Å². The predicted octanol–water partition coefficient (Wildman–Crippen LogP) is 3.99. The molecule has 2 aromatic rings. The summed E-state index contributed by atoms with van der Waals surface area (Å²) in [7, 11) is 0. The predicted molar refractivity (Wildman–Crippen MR) is 84.5 cm³/mol. The summed E-state index contributed by atoms with van der Waals surface area (Å²) >= 11 is 0. The fourth-order valence-electron chi connectivity index (χ4n) is 1.85. The van der Waals surface area contributed by atoms with Crippen molar-refractivity contribution in [3.63, 3.8) is 0 Å². The van der Waals surface area contributed by atoms with Crippen molar-refractivity contribution < 1.29 is 0 Å². The second kappa shape index (κ2) is 5.90. The van der Waals surface area contributed by atoms with Gasteiger partial charge in [-0.25, -0.2) is 9.97 Å². The van der Waals surface area contributed by atoms with Crippen LogP contribution in [0.15, 0.2) is 36.7 Å². The minimum atomic E-state index is -0.0194. The molecule has 0 radical (unpaired) electrons. The molecule has 0 unspecified atom stereocenters. The lowest BCUT2D eigenvalue weighted by atomic mass is 10.1. The fraction of sp³-hybridized carbons (Fsp3) is 0.375. The third-order valence-electron chi connectivity index (χ3n) is 2.80. The molecule has 106 valence electrons. The molecule has 0 bridgehead atoms. The van der Waals surface area contributed by atoms with Crippen molar-refractivity contribution in [3.05, 3.63) is 42.2 Å². The summed E-state index contributed by atoms with van der Waals surface area (Å²) < 4.78 is 0. The summed E-state index contributed by atoms with van der Waals surface area (Å²) in [4.78, 5) is 8.48. The summed E-state index contributed by atoms with van der Waals surface area (Å²) in [5.41, 5.74) is 2.34. The minimum absolute atomic E-state index is 0.0194. The molecule has 0 saturated carbocycles. The lowest BCUT2D eigenvalue weighted by Crippen LogP contribution is -2.26. The highest BCUT2D eigenvalue weighted by molar-refractivity contribution is 5.59. The average Bonchev–Trinajstić information content (AvgIpc) is 2.38. The first kappa shape index (κ1) is 14.3. The van der Waals surface area contributed by atoms with Crippen molar-refractivity contribution in [2.75, 3.05) is 10.6 Å². The fourth-order valence-corrected chi connectivity index (χ4v) is 1.85. The van der Waals surface area contributed by atoms with E-state index in [-0.39, 0.29) is 5.54 Å². The Morgan fingerprint density at radius 2 is 1.65 bits per heavy atom. The summed E-state index contributed by atoms with van der Waals surface area (Å²) in [6, 6.07) is 10.3. The number of hydrogen-bond acceptors (Lipinski definition) is 4. The second-order valence-electron chi connectivity index (χ2n) is 5.84. The van der Waals surface area contributed by atoms with Gasteiger partial charge in [-0.15, -0.1) is 0 Å². The highest BCUT2D eigenvalue weighted by atomic mass is 15.1. The summed E-state index contributed by atoms with van der Waals surface area (Å²) in [6.45, 7) is 8.46. The van der Waals surface area contributed by atoms with Crippen LogP contribution >= 0.6 is 0 Å². The molecule has 4 heteroatoms. The molecule has 0 saturated heterocycles. The summed E-state index contributed by atoms with van der Waals surface area (Å²) in [6.07, 6.45) is 2.62. The Hall–Kier alpha value is -2.10. The van der Waals surface area contributed by atoms with Crippen LogP contribution in [0.5, 0.6) is 0 Å². The van der Waals surface area contributed by atoms with Gasteiger partial charge < -0.3 is 10.6 Å². The standard InChI is InChI=1S/C16H22N4/c1-5-12-6-8-13(9-7-12)19-14-10-15(18-11-17-14)20-16(2,3)4/h6-11H,5H2,1-4H3,(H2,17,18,19,20). The van der Waals surface area contributed by atoms with E-state index < -0.39 is 0 Å². The van der Waals surface area contributed by atoms with Crippen LogP contribution in [0.25, 0.3) is 0 Å². The summed E-state index contributed by atoms with van der Waals surface area (Å²) in [5, 5.41) is 6.62. The number of hydrogen-bond donors (Lipinski definition) is 2. The molecule has 0 fully saturated rings. The van der Waals surface area contributed by atoms with E-state index >= 15 is 0 Å². The Labute approximate surface area is 120 Å². The van der Waals surface area contributed by atoms with E-state index in [0.29, 0.717) is 0 Å². The Morgan fingerprint density at radius 1 is 1.00 bits per heavy atom. The molecule has 0 aliphatic rings. The van der Waals surface area contributed by atoms with Crippen LogP contribution in [0.1, 0.15) is 33.3 Å². The van der Waals surface area contributed by atoms with Gasteiger partial charge in [0.2, 0.25) is 0 Å². The topological polar surface area (TPSA) is 49.8 Å². The van der Waals surface area contributed by atoms with E-state index in [1.807, 2.05) is 6.07 Å². The van der Waals surface area contributed by atoms with E-state index in [9.17, 15) is 0 Å². The van der Waals surface area contributed by atoms with Gasteiger partial charge >= 0.3 is 0 Å². The molecule has 0 spiro atoms. The lowest BCUT2D eigenvalue weighted by molar-refractivity contribution is 0.630. The minimum Gasteiger partial charge on any atom is -0.365 e. The molecule has 0 atom stereocenters. The van der Waals surface area contributed by atoms with Crippen molar-refractivity contribution >= 4 is 17.3 Å². The van der Waals surface area contributed by atoms with Gasteiger partial charge in [-0.1, -0.05) is 19.1 Å². The first-order valence-corrected chi connectivity index (χ1v) is 6.92. The Morgan fingerprint density at radius 3 is 2.25 bits per heavy atom. The Balaban J connectivity index is 2.10. The number of benzene rings is 1.